The van der Waals surface area contributed by atoms with Crippen LogP contribution in [0.3, 0.4) is 0 Å². The zero-order valence-electron chi connectivity index (χ0n) is 11.1. The van der Waals surface area contributed by atoms with E-state index in [-0.39, 0.29) is 5.84 Å². The van der Waals surface area contributed by atoms with Gasteiger partial charge in [-0.1, -0.05) is 0 Å². The fourth-order valence-electron chi connectivity index (χ4n) is 2.10. The predicted molar refractivity (Wildman–Crippen MR) is 75.6 cm³/mol. The zero-order valence-corrected chi connectivity index (χ0v) is 11.1. The number of nitrogen functional groups attached to an aromatic ring is 1. The number of nitrogens with zero attached hydrogens (tertiary/aromatic N) is 2. The van der Waals surface area contributed by atoms with Crippen molar-refractivity contribution in [2.45, 2.75) is 6.42 Å². The number of hydrogen-bond donors (Lipinski definition) is 3. The molecule has 1 aromatic heterocycles. The molecule has 1 aromatic rings. The third kappa shape index (κ3) is 4.18. The van der Waals surface area contributed by atoms with E-state index in [9.17, 15) is 0 Å². The molecule has 6 heteroatoms. The summed E-state index contributed by atoms with van der Waals surface area (Å²) in [5.41, 5.74) is 6.18. The second-order valence-corrected chi connectivity index (χ2v) is 4.55. The lowest BCUT2D eigenvalue weighted by Crippen LogP contribution is -2.37. The van der Waals surface area contributed by atoms with Crippen LogP contribution >= 0.6 is 0 Å². The van der Waals surface area contributed by atoms with Crippen molar-refractivity contribution < 1.29 is 4.74 Å². The number of rotatable bonds is 6. The van der Waals surface area contributed by atoms with E-state index in [0.717, 1.165) is 45.8 Å². The van der Waals surface area contributed by atoms with Gasteiger partial charge in [0.05, 0.1) is 18.8 Å². The molecule has 1 saturated heterocycles. The first-order valence-corrected chi connectivity index (χ1v) is 6.61. The van der Waals surface area contributed by atoms with Crippen molar-refractivity contribution in [3.63, 3.8) is 0 Å². The number of nitrogens with two attached hydrogens (primary N) is 1. The van der Waals surface area contributed by atoms with Crippen LogP contribution in [0.25, 0.3) is 0 Å². The molecule has 104 valence electrons. The highest BCUT2D eigenvalue weighted by Crippen LogP contribution is 2.10. The van der Waals surface area contributed by atoms with Gasteiger partial charge < -0.3 is 15.8 Å². The molecule has 19 heavy (non-hydrogen) atoms. The number of amidine groups is 1. The largest absolute Gasteiger partial charge is 0.384 e. The average Bonchev–Trinajstić information content (AvgIpc) is 2.45. The summed E-state index contributed by atoms with van der Waals surface area (Å²) in [4.78, 5) is 6.62. The normalized spacial score (nSPS) is 16.2. The molecule has 0 aliphatic carbocycles. The van der Waals surface area contributed by atoms with Crippen LogP contribution in [0.1, 0.15) is 12.0 Å². The quantitative estimate of drug-likeness (QED) is 0.395. The van der Waals surface area contributed by atoms with Gasteiger partial charge in [0, 0.05) is 25.8 Å². The Balaban J connectivity index is 1.74. The lowest BCUT2D eigenvalue weighted by atomic mass is 10.2. The second kappa shape index (κ2) is 7.06. The molecule has 0 atom stereocenters. The fourth-order valence-corrected chi connectivity index (χ4v) is 2.10. The highest BCUT2D eigenvalue weighted by molar-refractivity contribution is 5.99. The van der Waals surface area contributed by atoms with Crippen molar-refractivity contribution >= 4 is 11.7 Å². The van der Waals surface area contributed by atoms with Crippen LogP contribution in [0.5, 0.6) is 0 Å². The van der Waals surface area contributed by atoms with Gasteiger partial charge in [-0.25, -0.2) is 4.98 Å². The van der Waals surface area contributed by atoms with Crippen LogP contribution in [0, 0.1) is 5.41 Å². The van der Waals surface area contributed by atoms with Crippen LogP contribution in [-0.2, 0) is 4.74 Å². The third-order valence-electron chi connectivity index (χ3n) is 3.15. The lowest BCUT2D eigenvalue weighted by molar-refractivity contribution is 0.0378. The standard InChI is InChI=1S/C13H21N5O/c14-12(15)11-3-1-4-16-13(11)17-5-2-6-18-7-9-19-10-8-18/h1,3-4H,2,5-10H2,(H3,14,15)(H,16,17). The summed E-state index contributed by atoms with van der Waals surface area (Å²) in [7, 11) is 0. The van der Waals surface area contributed by atoms with Crippen molar-refractivity contribution in [1.82, 2.24) is 9.88 Å². The minimum absolute atomic E-state index is 0.0452. The van der Waals surface area contributed by atoms with Crippen molar-refractivity contribution in [2.24, 2.45) is 5.73 Å². The van der Waals surface area contributed by atoms with E-state index in [4.69, 9.17) is 15.9 Å². The molecule has 0 saturated carbocycles. The van der Waals surface area contributed by atoms with E-state index in [1.54, 1.807) is 18.3 Å². The van der Waals surface area contributed by atoms with Crippen molar-refractivity contribution in [1.29, 1.82) is 5.41 Å². The number of hydrogen-bond acceptors (Lipinski definition) is 5. The smallest absolute Gasteiger partial charge is 0.136 e. The number of aromatic nitrogens is 1. The number of nitrogens with one attached hydrogen (secondary N) is 2. The summed E-state index contributed by atoms with van der Waals surface area (Å²) in [5, 5.41) is 10.7. The van der Waals surface area contributed by atoms with Crippen molar-refractivity contribution in [3.05, 3.63) is 23.9 Å². The molecule has 2 rings (SSSR count). The van der Waals surface area contributed by atoms with Crippen LogP contribution in [-0.4, -0.2) is 55.1 Å². The summed E-state index contributed by atoms with van der Waals surface area (Å²) >= 11 is 0. The van der Waals surface area contributed by atoms with Gasteiger partial charge in [0.25, 0.3) is 0 Å². The Morgan fingerprint density at radius 3 is 3.00 bits per heavy atom. The van der Waals surface area contributed by atoms with Crippen LogP contribution in [0.4, 0.5) is 5.82 Å². The summed E-state index contributed by atoms with van der Waals surface area (Å²) < 4.78 is 5.31. The van der Waals surface area contributed by atoms with E-state index in [1.165, 1.54) is 0 Å². The third-order valence-corrected chi connectivity index (χ3v) is 3.15. The van der Waals surface area contributed by atoms with E-state index < -0.39 is 0 Å². The number of pyridine rings is 1. The monoisotopic (exact) mass is 263 g/mol. The Hall–Kier alpha value is -1.66. The molecule has 0 bridgehead atoms. The molecule has 0 spiro atoms. The van der Waals surface area contributed by atoms with Gasteiger partial charge in [-0.3, -0.25) is 10.3 Å². The Morgan fingerprint density at radius 1 is 1.47 bits per heavy atom. The molecule has 0 amide bonds. The minimum atomic E-state index is 0.0452. The highest BCUT2D eigenvalue weighted by Gasteiger charge is 2.09. The fraction of sp³-hybridized carbons (Fsp3) is 0.538. The number of anilines is 1. The van der Waals surface area contributed by atoms with E-state index >= 15 is 0 Å². The van der Waals surface area contributed by atoms with Gasteiger partial charge in [-0.05, 0) is 25.1 Å². The Labute approximate surface area is 113 Å². The number of ether oxygens (including phenoxy) is 1. The molecule has 1 fully saturated rings. The zero-order chi connectivity index (χ0) is 13.5. The van der Waals surface area contributed by atoms with Crippen LogP contribution in [0.2, 0.25) is 0 Å². The molecular formula is C13H21N5O. The van der Waals surface area contributed by atoms with Crippen LogP contribution < -0.4 is 11.1 Å². The first kappa shape index (κ1) is 13.8. The molecule has 0 radical (unpaired) electrons. The Bertz CT molecular complexity index is 417. The molecule has 2 heterocycles. The van der Waals surface area contributed by atoms with Gasteiger partial charge in [-0.2, -0.15) is 0 Å². The first-order valence-electron chi connectivity index (χ1n) is 6.61. The summed E-state index contributed by atoms with van der Waals surface area (Å²) in [6.07, 6.45) is 2.74. The predicted octanol–water partition coefficient (Wildman–Crippen LogP) is 0.500. The SMILES string of the molecule is N=C(N)c1cccnc1NCCCN1CCOCC1. The van der Waals surface area contributed by atoms with Gasteiger partial charge in [0.15, 0.2) is 0 Å². The maximum Gasteiger partial charge on any atom is 0.136 e. The van der Waals surface area contributed by atoms with Gasteiger partial charge in [-0.15, -0.1) is 0 Å². The summed E-state index contributed by atoms with van der Waals surface area (Å²) in [6.45, 7) is 5.59. The van der Waals surface area contributed by atoms with E-state index in [0.29, 0.717) is 11.4 Å². The van der Waals surface area contributed by atoms with Crippen molar-refractivity contribution in [3.8, 4) is 0 Å². The van der Waals surface area contributed by atoms with Gasteiger partial charge >= 0.3 is 0 Å². The van der Waals surface area contributed by atoms with Crippen LogP contribution in [0.15, 0.2) is 18.3 Å². The maximum atomic E-state index is 7.49. The molecule has 0 unspecified atom stereocenters. The molecular weight excluding hydrogens is 242 g/mol. The Kier molecular flexibility index (Phi) is 5.11. The average molecular weight is 263 g/mol. The second-order valence-electron chi connectivity index (χ2n) is 4.55. The molecule has 1 aliphatic rings. The van der Waals surface area contributed by atoms with E-state index in [2.05, 4.69) is 15.2 Å². The summed E-state index contributed by atoms with van der Waals surface area (Å²) in [5.74, 6) is 0.737. The highest BCUT2D eigenvalue weighted by atomic mass is 16.5. The molecule has 0 aromatic carbocycles. The van der Waals surface area contributed by atoms with Crippen molar-refractivity contribution in [2.75, 3.05) is 44.7 Å². The summed E-state index contributed by atoms with van der Waals surface area (Å²) in [6, 6.07) is 3.59. The minimum Gasteiger partial charge on any atom is -0.384 e. The Morgan fingerprint density at radius 2 is 2.26 bits per heavy atom. The lowest BCUT2D eigenvalue weighted by Gasteiger charge is -2.26. The van der Waals surface area contributed by atoms with E-state index in [1.807, 2.05) is 0 Å². The van der Waals surface area contributed by atoms with Gasteiger partial charge in [0.2, 0.25) is 0 Å². The first-order chi connectivity index (χ1) is 9.27. The molecule has 1 aliphatic heterocycles. The molecule has 4 N–H and O–H groups in total. The topological polar surface area (TPSA) is 87.3 Å². The number of morpholine rings is 1. The molecule has 6 nitrogen and oxygen atoms in total. The maximum absolute atomic E-state index is 7.49. The van der Waals surface area contributed by atoms with Gasteiger partial charge in [0.1, 0.15) is 11.7 Å².